The van der Waals surface area contributed by atoms with Crippen molar-refractivity contribution < 1.29 is 13.6 Å². The molecule has 1 unspecified atom stereocenters. The molecule has 0 radical (unpaired) electrons. The summed E-state index contributed by atoms with van der Waals surface area (Å²) < 4.78 is 30.2. The Balaban J connectivity index is 1.62. The number of carbonyl (C=O) groups excluding carboxylic acids is 1. The Labute approximate surface area is 197 Å². The Morgan fingerprint density at radius 3 is 2.46 bits per heavy atom. The maximum atomic E-state index is 14.2. The van der Waals surface area contributed by atoms with E-state index in [1.54, 1.807) is 36.4 Å². The number of nitrogens with zero attached hydrogens (tertiary/aromatic N) is 5. The van der Waals surface area contributed by atoms with Crippen molar-refractivity contribution in [3.8, 4) is 11.8 Å². The molecule has 2 aromatic carbocycles. The van der Waals surface area contributed by atoms with Crippen molar-refractivity contribution in [1.29, 1.82) is 5.26 Å². The Hall–Kier alpha value is -4.33. The first-order chi connectivity index (χ1) is 16.7. The number of halogens is 2. The van der Waals surface area contributed by atoms with Crippen molar-refractivity contribution in [3.63, 3.8) is 0 Å². The molecule has 9 nitrogen and oxygen atoms in total. The zero-order valence-corrected chi connectivity index (χ0v) is 18.7. The fourth-order valence-electron chi connectivity index (χ4n) is 4.81. The van der Waals surface area contributed by atoms with E-state index in [2.05, 4.69) is 10.4 Å². The van der Waals surface area contributed by atoms with Gasteiger partial charge in [-0.05, 0) is 48.2 Å². The van der Waals surface area contributed by atoms with Gasteiger partial charge in [0.25, 0.3) is 11.5 Å². The van der Waals surface area contributed by atoms with Crippen LogP contribution < -0.4 is 21.5 Å². The lowest BCUT2D eigenvalue weighted by atomic mass is 9.98. The van der Waals surface area contributed by atoms with Gasteiger partial charge in [0, 0.05) is 31.3 Å². The summed E-state index contributed by atoms with van der Waals surface area (Å²) >= 11 is 0. The second-order valence-corrected chi connectivity index (χ2v) is 8.55. The summed E-state index contributed by atoms with van der Waals surface area (Å²) in [6.07, 6.45) is 0.526. The van der Waals surface area contributed by atoms with Gasteiger partial charge < -0.3 is 5.32 Å². The number of nitrogens with one attached hydrogen (secondary N) is 1. The first kappa shape index (κ1) is 22.5. The highest BCUT2D eigenvalue weighted by molar-refractivity contribution is 5.94. The molecule has 1 N–H and O–H groups in total. The van der Waals surface area contributed by atoms with Gasteiger partial charge in [-0.3, -0.25) is 9.69 Å². The molecule has 1 atom stereocenters. The molecule has 0 saturated carbocycles. The smallest absolute Gasteiger partial charge is 0.336 e. The maximum absolute atomic E-state index is 14.2. The third-order valence-electron chi connectivity index (χ3n) is 6.40. The van der Waals surface area contributed by atoms with Crippen molar-refractivity contribution in [3.05, 3.63) is 85.7 Å². The molecule has 1 fully saturated rings. The van der Waals surface area contributed by atoms with Crippen LogP contribution in [-0.2, 0) is 12.3 Å². The highest BCUT2D eigenvalue weighted by Crippen LogP contribution is 2.40. The van der Waals surface area contributed by atoms with Crippen LogP contribution in [0.2, 0.25) is 0 Å². The first-order valence-corrected chi connectivity index (χ1v) is 11.0. The van der Waals surface area contributed by atoms with Crippen LogP contribution in [0.25, 0.3) is 5.69 Å². The molecule has 1 aliphatic carbocycles. The standard InChI is InChI=1S/C24H20F2N6O3/c1-24(25,26)18-4-2-3-17-16(18)9-10-20(17)31-21(33)19(13-27)29-32(23(31)35)15-7-5-14(6-8-15)30-12-11-28-22(30)34/h2-8,20H,9-12H2,1H3,(H,28,34). The van der Waals surface area contributed by atoms with E-state index in [1.807, 2.05) is 0 Å². The Morgan fingerprint density at radius 1 is 1.11 bits per heavy atom. The van der Waals surface area contributed by atoms with Crippen LogP contribution >= 0.6 is 0 Å². The Kier molecular flexibility index (Phi) is 5.24. The minimum Gasteiger partial charge on any atom is -0.336 e. The fourth-order valence-corrected chi connectivity index (χ4v) is 4.81. The quantitative estimate of drug-likeness (QED) is 0.619. The summed E-state index contributed by atoms with van der Waals surface area (Å²) in [7, 11) is 0. The van der Waals surface area contributed by atoms with Gasteiger partial charge in [-0.15, -0.1) is 5.10 Å². The zero-order valence-electron chi connectivity index (χ0n) is 18.7. The van der Waals surface area contributed by atoms with Crippen LogP contribution in [0.4, 0.5) is 19.3 Å². The highest BCUT2D eigenvalue weighted by Gasteiger charge is 2.35. The van der Waals surface area contributed by atoms with E-state index in [0.29, 0.717) is 29.9 Å². The maximum Gasteiger partial charge on any atom is 0.352 e. The molecule has 5 rings (SSSR count). The first-order valence-electron chi connectivity index (χ1n) is 11.0. The lowest BCUT2D eigenvalue weighted by molar-refractivity contribution is 0.0166. The summed E-state index contributed by atoms with van der Waals surface area (Å²) in [5.41, 5.74) is -0.511. The van der Waals surface area contributed by atoms with Gasteiger partial charge in [0.15, 0.2) is 0 Å². The van der Waals surface area contributed by atoms with Crippen molar-refractivity contribution in [1.82, 2.24) is 19.7 Å². The molecule has 1 aromatic heterocycles. The number of fused-ring (bicyclic) bond motifs is 1. The fraction of sp³-hybridized carbons (Fsp3) is 0.292. The third-order valence-corrected chi connectivity index (χ3v) is 6.40. The predicted molar refractivity (Wildman–Crippen MR) is 122 cm³/mol. The van der Waals surface area contributed by atoms with Crippen LogP contribution in [0, 0.1) is 11.3 Å². The molecule has 0 bridgehead atoms. The van der Waals surface area contributed by atoms with Gasteiger partial charge in [0.2, 0.25) is 5.69 Å². The topological polar surface area (TPSA) is 113 Å². The summed E-state index contributed by atoms with van der Waals surface area (Å²) in [4.78, 5) is 39.9. The number of hydrogen-bond acceptors (Lipinski definition) is 5. The molecular weight excluding hydrogens is 458 g/mol. The SMILES string of the molecule is CC(F)(F)c1cccc2c1CCC2n1c(=O)c(C#N)nn(-c2ccc(N3CCNC3=O)cc2)c1=O. The van der Waals surface area contributed by atoms with Gasteiger partial charge in [0.05, 0.1) is 11.7 Å². The monoisotopic (exact) mass is 478 g/mol. The van der Waals surface area contributed by atoms with Gasteiger partial charge in [-0.25, -0.2) is 22.9 Å². The molecule has 2 aliphatic rings. The molecule has 11 heteroatoms. The van der Waals surface area contributed by atoms with E-state index in [0.717, 1.165) is 16.2 Å². The van der Waals surface area contributed by atoms with Crippen LogP contribution in [0.3, 0.4) is 0 Å². The number of anilines is 1. The number of nitriles is 1. The van der Waals surface area contributed by atoms with E-state index >= 15 is 0 Å². The van der Waals surface area contributed by atoms with Gasteiger partial charge in [0.1, 0.15) is 6.07 Å². The largest absolute Gasteiger partial charge is 0.352 e. The van der Waals surface area contributed by atoms with Crippen molar-refractivity contribution in [2.45, 2.75) is 31.7 Å². The minimum atomic E-state index is -3.07. The molecule has 1 aliphatic heterocycles. The molecule has 1 saturated heterocycles. The van der Waals surface area contributed by atoms with E-state index < -0.39 is 28.9 Å². The molecule has 35 heavy (non-hydrogen) atoms. The summed E-state index contributed by atoms with van der Waals surface area (Å²) in [6, 6.07) is 11.5. The van der Waals surface area contributed by atoms with Crippen molar-refractivity contribution >= 4 is 11.7 Å². The average Bonchev–Trinajstić information content (AvgIpc) is 3.45. The van der Waals surface area contributed by atoms with Crippen molar-refractivity contribution in [2.24, 2.45) is 0 Å². The second kappa shape index (κ2) is 8.16. The normalized spacial score (nSPS) is 17.3. The van der Waals surface area contributed by atoms with Gasteiger partial charge in [-0.1, -0.05) is 18.2 Å². The number of amides is 2. The molecule has 178 valence electrons. The second-order valence-electron chi connectivity index (χ2n) is 8.55. The van der Waals surface area contributed by atoms with E-state index in [1.165, 1.54) is 17.0 Å². The van der Waals surface area contributed by atoms with E-state index in [4.69, 9.17) is 0 Å². The van der Waals surface area contributed by atoms with E-state index in [-0.39, 0.29) is 30.1 Å². The summed E-state index contributed by atoms with van der Waals surface area (Å²) in [6.45, 7) is 1.83. The molecule has 2 amide bonds. The molecular formula is C24H20F2N6O3. The predicted octanol–water partition coefficient (Wildman–Crippen LogP) is 2.44. The number of carbonyl (C=O) groups is 1. The van der Waals surface area contributed by atoms with E-state index in [9.17, 15) is 28.4 Å². The lowest BCUT2D eigenvalue weighted by Crippen LogP contribution is -2.44. The number of alkyl halides is 2. The minimum absolute atomic E-state index is 0.137. The number of rotatable bonds is 4. The van der Waals surface area contributed by atoms with Crippen LogP contribution in [-0.4, -0.2) is 33.5 Å². The van der Waals surface area contributed by atoms with Crippen LogP contribution in [0.1, 0.15) is 41.8 Å². The molecule has 3 aromatic rings. The van der Waals surface area contributed by atoms with Crippen LogP contribution in [0.15, 0.2) is 52.1 Å². The van der Waals surface area contributed by atoms with Gasteiger partial charge >= 0.3 is 11.7 Å². The third kappa shape index (κ3) is 3.67. The lowest BCUT2D eigenvalue weighted by Gasteiger charge is -2.19. The summed E-state index contributed by atoms with van der Waals surface area (Å²) in [5, 5.41) is 16.2. The average molecular weight is 478 g/mol. The van der Waals surface area contributed by atoms with Crippen LogP contribution in [0.5, 0.6) is 0 Å². The summed E-state index contributed by atoms with van der Waals surface area (Å²) in [5.74, 6) is -3.07. The Morgan fingerprint density at radius 2 is 1.83 bits per heavy atom. The molecule has 0 spiro atoms. The number of urea groups is 1. The number of aromatic nitrogens is 3. The number of hydrogen-bond donors (Lipinski definition) is 1. The van der Waals surface area contributed by atoms with Gasteiger partial charge in [-0.2, -0.15) is 9.94 Å². The highest BCUT2D eigenvalue weighted by atomic mass is 19.3. The Bertz CT molecular complexity index is 1500. The zero-order chi connectivity index (χ0) is 24.9. The van der Waals surface area contributed by atoms with Crippen molar-refractivity contribution in [2.75, 3.05) is 18.0 Å². The number of benzene rings is 2. The molecule has 2 heterocycles.